The molecule has 96 valence electrons. The highest BCUT2D eigenvalue weighted by Gasteiger charge is 2.23. The number of hydrogen-bond acceptors (Lipinski definition) is 3. The molecule has 0 bridgehead atoms. The van der Waals surface area contributed by atoms with Crippen LogP contribution in [0.5, 0.6) is 0 Å². The van der Waals surface area contributed by atoms with Crippen LogP contribution in [0.1, 0.15) is 44.8 Å². The maximum atomic E-state index is 4.19. The van der Waals surface area contributed by atoms with Crippen LogP contribution in [0.25, 0.3) is 0 Å². The molecule has 17 heavy (non-hydrogen) atoms. The van der Waals surface area contributed by atoms with Crippen molar-refractivity contribution in [2.24, 2.45) is 18.9 Å². The molecule has 2 rings (SSSR count). The first-order valence-corrected chi connectivity index (χ1v) is 6.64. The summed E-state index contributed by atoms with van der Waals surface area (Å²) in [6.45, 7) is 7.54. The van der Waals surface area contributed by atoms with E-state index in [4.69, 9.17) is 0 Å². The molecule has 1 aromatic heterocycles. The average Bonchev–Trinajstić information content (AvgIpc) is 2.56. The predicted octanol–water partition coefficient (Wildman–Crippen LogP) is 2.04. The minimum absolute atomic E-state index is 0.644. The minimum Gasteiger partial charge on any atom is -0.317 e. The molecule has 1 fully saturated rings. The molecule has 0 aromatic carbocycles. The Kier molecular flexibility index (Phi) is 3.82. The number of nitrogens with one attached hydrogen (secondary N) is 1. The second-order valence-electron chi connectivity index (χ2n) is 5.72. The van der Waals surface area contributed by atoms with E-state index in [1.165, 1.54) is 19.3 Å². The van der Waals surface area contributed by atoms with Crippen LogP contribution < -0.4 is 5.32 Å². The van der Waals surface area contributed by atoms with E-state index in [2.05, 4.69) is 33.9 Å². The second-order valence-corrected chi connectivity index (χ2v) is 5.72. The van der Waals surface area contributed by atoms with Gasteiger partial charge in [-0.3, -0.25) is 0 Å². The Morgan fingerprint density at radius 2 is 1.82 bits per heavy atom. The highest BCUT2D eigenvalue weighted by atomic mass is 15.3. The van der Waals surface area contributed by atoms with Gasteiger partial charge in [-0.1, -0.05) is 13.8 Å². The van der Waals surface area contributed by atoms with Gasteiger partial charge in [-0.25, -0.2) is 0 Å². The van der Waals surface area contributed by atoms with Crippen molar-refractivity contribution in [3.63, 3.8) is 0 Å². The zero-order chi connectivity index (χ0) is 12.4. The van der Waals surface area contributed by atoms with Crippen molar-refractivity contribution in [2.45, 2.75) is 52.6 Å². The van der Waals surface area contributed by atoms with Gasteiger partial charge in [-0.2, -0.15) is 0 Å². The molecule has 4 heteroatoms. The SMILES string of the molecule is Cc1nnc(CNC2CC(C)CC(C)C2)n1C. The molecule has 1 aliphatic rings. The zero-order valence-corrected chi connectivity index (χ0v) is 11.4. The van der Waals surface area contributed by atoms with E-state index in [0.717, 1.165) is 30.0 Å². The topological polar surface area (TPSA) is 42.7 Å². The Morgan fingerprint density at radius 1 is 1.18 bits per heavy atom. The molecule has 0 spiro atoms. The molecule has 0 radical (unpaired) electrons. The van der Waals surface area contributed by atoms with Crippen LogP contribution in [0, 0.1) is 18.8 Å². The van der Waals surface area contributed by atoms with Gasteiger partial charge in [0.15, 0.2) is 0 Å². The third-order valence-electron chi connectivity index (χ3n) is 3.91. The number of nitrogens with zero attached hydrogens (tertiary/aromatic N) is 3. The molecule has 0 amide bonds. The van der Waals surface area contributed by atoms with Gasteiger partial charge in [-0.15, -0.1) is 10.2 Å². The zero-order valence-electron chi connectivity index (χ0n) is 11.4. The first-order chi connectivity index (χ1) is 8.06. The number of hydrogen-bond donors (Lipinski definition) is 1. The fourth-order valence-electron chi connectivity index (χ4n) is 2.95. The Labute approximate surface area is 104 Å². The average molecular weight is 236 g/mol. The minimum atomic E-state index is 0.644. The molecule has 1 aromatic rings. The van der Waals surface area contributed by atoms with Crippen molar-refractivity contribution < 1.29 is 0 Å². The summed E-state index contributed by atoms with van der Waals surface area (Å²) in [5.74, 6) is 3.70. The van der Waals surface area contributed by atoms with Gasteiger partial charge in [0, 0.05) is 13.1 Å². The first-order valence-electron chi connectivity index (χ1n) is 6.64. The number of aromatic nitrogens is 3. The van der Waals surface area contributed by atoms with Crippen molar-refractivity contribution in [3.05, 3.63) is 11.6 Å². The summed E-state index contributed by atoms with van der Waals surface area (Å²) in [4.78, 5) is 0. The van der Waals surface area contributed by atoms with Gasteiger partial charge in [-0.05, 0) is 38.0 Å². The van der Waals surface area contributed by atoms with Crippen LogP contribution in [-0.4, -0.2) is 20.8 Å². The summed E-state index contributed by atoms with van der Waals surface area (Å²) >= 11 is 0. The van der Waals surface area contributed by atoms with E-state index in [1.807, 2.05) is 14.0 Å². The van der Waals surface area contributed by atoms with Crippen molar-refractivity contribution >= 4 is 0 Å². The molecule has 0 aliphatic heterocycles. The van der Waals surface area contributed by atoms with E-state index in [9.17, 15) is 0 Å². The Hall–Kier alpha value is -0.900. The van der Waals surface area contributed by atoms with Gasteiger partial charge in [0.25, 0.3) is 0 Å². The normalized spacial score (nSPS) is 29.5. The summed E-state index contributed by atoms with van der Waals surface area (Å²) in [5.41, 5.74) is 0. The monoisotopic (exact) mass is 236 g/mol. The van der Waals surface area contributed by atoms with E-state index in [0.29, 0.717) is 6.04 Å². The first kappa shape index (κ1) is 12.6. The molecule has 1 aliphatic carbocycles. The summed E-state index contributed by atoms with van der Waals surface area (Å²) in [7, 11) is 2.03. The number of rotatable bonds is 3. The lowest BCUT2D eigenvalue weighted by atomic mass is 9.80. The Bertz CT molecular complexity index is 361. The lowest BCUT2D eigenvalue weighted by molar-refractivity contribution is 0.237. The molecule has 2 unspecified atom stereocenters. The van der Waals surface area contributed by atoms with Crippen molar-refractivity contribution in [1.29, 1.82) is 0 Å². The quantitative estimate of drug-likeness (QED) is 0.873. The Balaban J connectivity index is 1.87. The standard InChI is InChI=1S/C13H24N4/c1-9-5-10(2)7-12(6-9)14-8-13-16-15-11(3)17(13)4/h9-10,12,14H,5-8H2,1-4H3. The second kappa shape index (κ2) is 5.17. The van der Waals surface area contributed by atoms with Gasteiger partial charge in [0.05, 0.1) is 6.54 Å². The van der Waals surface area contributed by atoms with Crippen molar-refractivity contribution in [1.82, 2.24) is 20.1 Å². The van der Waals surface area contributed by atoms with Crippen molar-refractivity contribution in [3.8, 4) is 0 Å². The third kappa shape index (κ3) is 3.06. The van der Waals surface area contributed by atoms with Crippen LogP contribution in [0.15, 0.2) is 0 Å². The maximum Gasteiger partial charge on any atom is 0.146 e. The van der Waals surface area contributed by atoms with E-state index >= 15 is 0 Å². The fraction of sp³-hybridized carbons (Fsp3) is 0.846. The predicted molar refractivity (Wildman–Crippen MR) is 68.5 cm³/mol. The maximum absolute atomic E-state index is 4.19. The fourth-order valence-corrected chi connectivity index (χ4v) is 2.95. The largest absolute Gasteiger partial charge is 0.317 e. The molecule has 1 N–H and O–H groups in total. The summed E-state index contributed by atoms with van der Waals surface area (Å²) < 4.78 is 2.06. The van der Waals surface area contributed by atoms with Crippen LogP contribution in [-0.2, 0) is 13.6 Å². The molecule has 1 saturated carbocycles. The van der Waals surface area contributed by atoms with Gasteiger partial charge >= 0.3 is 0 Å². The molecular weight excluding hydrogens is 212 g/mol. The lowest BCUT2D eigenvalue weighted by Gasteiger charge is -2.32. The Morgan fingerprint density at radius 3 is 2.35 bits per heavy atom. The molecular formula is C13H24N4. The van der Waals surface area contributed by atoms with Crippen LogP contribution in [0.2, 0.25) is 0 Å². The molecule has 1 heterocycles. The number of aryl methyl sites for hydroxylation is 1. The highest BCUT2D eigenvalue weighted by Crippen LogP contribution is 2.28. The summed E-state index contributed by atoms with van der Waals surface area (Å²) in [6, 6.07) is 0.644. The van der Waals surface area contributed by atoms with Gasteiger partial charge in [0.2, 0.25) is 0 Å². The van der Waals surface area contributed by atoms with E-state index < -0.39 is 0 Å². The van der Waals surface area contributed by atoms with E-state index in [-0.39, 0.29) is 0 Å². The lowest BCUT2D eigenvalue weighted by Crippen LogP contribution is -2.36. The van der Waals surface area contributed by atoms with Crippen molar-refractivity contribution in [2.75, 3.05) is 0 Å². The smallest absolute Gasteiger partial charge is 0.146 e. The molecule has 4 nitrogen and oxygen atoms in total. The highest BCUT2D eigenvalue weighted by molar-refractivity contribution is 4.93. The van der Waals surface area contributed by atoms with Crippen LogP contribution >= 0.6 is 0 Å². The van der Waals surface area contributed by atoms with Gasteiger partial charge < -0.3 is 9.88 Å². The van der Waals surface area contributed by atoms with Gasteiger partial charge in [0.1, 0.15) is 11.6 Å². The van der Waals surface area contributed by atoms with Crippen LogP contribution in [0.3, 0.4) is 0 Å². The molecule has 0 saturated heterocycles. The van der Waals surface area contributed by atoms with Crippen LogP contribution in [0.4, 0.5) is 0 Å². The van der Waals surface area contributed by atoms with E-state index in [1.54, 1.807) is 0 Å². The summed E-state index contributed by atoms with van der Waals surface area (Å²) in [6.07, 6.45) is 3.96. The summed E-state index contributed by atoms with van der Waals surface area (Å²) in [5, 5.41) is 11.9. The molecule has 2 atom stereocenters. The third-order valence-corrected chi connectivity index (χ3v) is 3.91.